The summed E-state index contributed by atoms with van der Waals surface area (Å²) >= 11 is 0. The van der Waals surface area contributed by atoms with Gasteiger partial charge in [-0.1, -0.05) is 12.1 Å². The first kappa shape index (κ1) is 17.6. The number of allylic oxidation sites excluding steroid dienone is 1. The van der Waals surface area contributed by atoms with Crippen molar-refractivity contribution in [2.45, 2.75) is 31.7 Å². The third kappa shape index (κ3) is 2.88. The number of amides is 1. The Hall–Kier alpha value is -3.54. The van der Waals surface area contributed by atoms with E-state index in [0.29, 0.717) is 24.2 Å². The van der Waals surface area contributed by atoms with Crippen LogP contribution in [0, 0.1) is 0 Å². The molecule has 6 nitrogen and oxygen atoms in total. The average molecular weight is 388 g/mol. The zero-order chi connectivity index (χ0) is 20.0. The van der Waals surface area contributed by atoms with Gasteiger partial charge in [0.2, 0.25) is 5.91 Å². The number of rotatable bonds is 2. The SMILES string of the molecule is CC(=O)N1c2ccccc2NC2=C(C(=O)C[C@H](c3ccco3)C2)[C@H]1c1ccco1. The summed E-state index contributed by atoms with van der Waals surface area (Å²) in [4.78, 5) is 27.8. The second kappa shape index (κ2) is 6.81. The number of Topliss-reactive ketones (excluding diaryl/α,β-unsaturated/α-hetero) is 1. The second-order valence-corrected chi connectivity index (χ2v) is 7.39. The van der Waals surface area contributed by atoms with Gasteiger partial charge in [0.15, 0.2) is 5.78 Å². The van der Waals surface area contributed by atoms with Gasteiger partial charge in [0.1, 0.15) is 17.6 Å². The molecular formula is C23H20N2O4. The summed E-state index contributed by atoms with van der Waals surface area (Å²) in [7, 11) is 0. The van der Waals surface area contributed by atoms with Crippen molar-refractivity contribution in [1.29, 1.82) is 0 Å². The first-order valence-electron chi connectivity index (χ1n) is 9.62. The minimum absolute atomic E-state index is 0.0133. The number of nitrogens with one attached hydrogen (secondary N) is 1. The van der Waals surface area contributed by atoms with Crippen molar-refractivity contribution >= 4 is 23.1 Å². The number of hydrogen-bond donors (Lipinski definition) is 1. The molecule has 1 aliphatic heterocycles. The van der Waals surface area contributed by atoms with Crippen molar-refractivity contribution in [2.75, 3.05) is 10.2 Å². The summed E-state index contributed by atoms with van der Waals surface area (Å²) in [6.45, 7) is 1.51. The number of anilines is 2. The van der Waals surface area contributed by atoms with Gasteiger partial charge in [0.05, 0.1) is 23.9 Å². The van der Waals surface area contributed by atoms with Crippen LogP contribution in [0.4, 0.5) is 11.4 Å². The van der Waals surface area contributed by atoms with E-state index in [9.17, 15) is 9.59 Å². The number of benzene rings is 1. The first-order chi connectivity index (χ1) is 14.1. The molecule has 3 heterocycles. The average Bonchev–Trinajstić information content (AvgIpc) is 3.39. The summed E-state index contributed by atoms with van der Waals surface area (Å²) in [6, 6.07) is 14.3. The van der Waals surface area contributed by atoms with Crippen LogP contribution in [0.25, 0.3) is 0 Å². The highest BCUT2D eigenvalue weighted by molar-refractivity contribution is 6.05. The van der Waals surface area contributed by atoms with E-state index in [1.165, 1.54) is 6.92 Å². The summed E-state index contributed by atoms with van der Waals surface area (Å²) < 4.78 is 11.3. The molecule has 29 heavy (non-hydrogen) atoms. The molecule has 1 aromatic carbocycles. The lowest BCUT2D eigenvalue weighted by Gasteiger charge is -2.32. The Morgan fingerprint density at radius 3 is 2.41 bits per heavy atom. The van der Waals surface area contributed by atoms with Crippen LogP contribution in [0.3, 0.4) is 0 Å². The number of hydrogen-bond acceptors (Lipinski definition) is 5. The molecule has 0 bridgehead atoms. The van der Waals surface area contributed by atoms with Gasteiger partial charge in [-0.05, 0) is 42.8 Å². The summed E-state index contributed by atoms with van der Waals surface area (Å²) in [5.74, 6) is 1.14. The lowest BCUT2D eigenvalue weighted by atomic mass is 9.81. The van der Waals surface area contributed by atoms with Gasteiger partial charge < -0.3 is 14.2 Å². The summed E-state index contributed by atoms with van der Waals surface area (Å²) in [5, 5.41) is 3.44. The van der Waals surface area contributed by atoms with Crippen LogP contribution in [-0.4, -0.2) is 11.7 Å². The van der Waals surface area contributed by atoms with E-state index in [-0.39, 0.29) is 17.6 Å². The Kier molecular flexibility index (Phi) is 4.12. The van der Waals surface area contributed by atoms with Crippen LogP contribution in [0.1, 0.15) is 43.2 Å². The van der Waals surface area contributed by atoms with Crippen molar-refractivity contribution in [3.63, 3.8) is 0 Å². The van der Waals surface area contributed by atoms with Crippen LogP contribution in [-0.2, 0) is 9.59 Å². The first-order valence-corrected chi connectivity index (χ1v) is 9.62. The molecule has 2 atom stereocenters. The molecule has 146 valence electrons. The number of nitrogens with zero attached hydrogens (tertiary/aromatic N) is 1. The number of carbonyl (C=O) groups is 2. The molecular weight excluding hydrogens is 368 g/mol. The fraction of sp³-hybridized carbons (Fsp3) is 0.217. The second-order valence-electron chi connectivity index (χ2n) is 7.39. The van der Waals surface area contributed by atoms with Gasteiger partial charge in [-0.25, -0.2) is 0 Å². The van der Waals surface area contributed by atoms with Crippen molar-refractivity contribution in [3.05, 3.63) is 83.8 Å². The predicted molar refractivity (Wildman–Crippen MR) is 107 cm³/mol. The van der Waals surface area contributed by atoms with E-state index in [0.717, 1.165) is 22.8 Å². The van der Waals surface area contributed by atoms with Gasteiger partial charge in [0.25, 0.3) is 0 Å². The molecule has 0 radical (unpaired) electrons. The Morgan fingerprint density at radius 1 is 1.00 bits per heavy atom. The fourth-order valence-electron chi connectivity index (χ4n) is 4.38. The molecule has 1 aliphatic carbocycles. The molecule has 5 rings (SSSR count). The van der Waals surface area contributed by atoms with E-state index in [4.69, 9.17) is 8.83 Å². The fourth-order valence-corrected chi connectivity index (χ4v) is 4.38. The molecule has 0 saturated carbocycles. The highest BCUT2D eigenvalue weighted by Crippen LogP contribution is 2.47. The molecule has 3 aromatic rings. The predicted octanol–water partition coefficient (Wildman–Crippen LogP) is 4.79. The standard InChI is InChI=1S/C23H20N2O4/c1-14(26)25-18-7-3-2-6-16(18)24-17-12-15(20-8-4-10-28-20)13-19(27)22(17)23(25)21-9-5-11-29-21/h2-11,15,23-24H,12-13H2,1H3/t15-,23-/m1/s1. The van der Waals surface area contributed by atoms with E-state index < -0.39 is 6.04 Å². The quantitative estimate of drug-likeness (QED) is 0.683. The van der Waals surface area contributed by atoms with E-state index in [1.807, 2.05) is 42.5 Å². The Bertz CT molecular complexity index is 1100. The van der Waals surface area contributed by atoms with Gasteiger partial charge in [-0.3, -0.25) is 14.5 Å². The van der Waals surface area contributed by atoms with Crippen molar-refractivity contribution < 1.29 is 18.4 Å². The van der Waals surface area contributed by atoms with E-state index >= 15 is 0 Å². The van der Waals surface area contributed by atoms with Crippen molar-refractivity contribution in [3.8, 4) is 0 Å². The molecule has 6 heteroatoms. The van der Waals surface area contributed by atoms with Gasteiger partial charge in [-0.15, -0.1) is 0 Å². The van der Waals surface area contributed by atoms with Gasteiger partial charge in [0, 0.05) is 30.5 Å². The van der Waals surface area contributed by atoms with Gasteiger partial charge in [-0.2, -0.15) is 0 Å². The maximum absolute atomic E-state index is 13.4. The molecule has 0 saturated heterocycles. The topological polar surface area (TPSA) is 75.7 Å². The Morgan fingerprint density at radius 2 is 1.72 bits per heavy atom. The lowest BCUT2D eigenvalue weighted by Crippen LogP contribution is -2.37. The summed E-state index contributed by atoms with van der Waals surface area (Å²) in [5.41, 5.74) is 2.89. The number of para-hydroxylation sites is 2. The molecule has 0 unspecified atom stereocenters. The van der Waals surface area contributed by atoms with Gasteiger partial charge >= 0.3 is 0 Å². The van der Waals surface area contributed by atoms with Crippen LogP contribution in [0.2, 0.25) is 0 Å². The van der Waals surface area contributed by atoms with Crippen LogP contribution in [0.5, 0.6) is 0 Å². The number of ketones is 1. The number of furan rings is 2. The minimum Gasteiger partial charge on any atom is -0.469 e. The van der Waals surface area contributed by atoms with Crippen molar-refractivity contribution in [1.82, 2.24) is 0 Å². The highest BCUT2D eigenvalue weighted by atomic mass is 16.3. The monoisotopic (exact) mass is 388 g/mol. The lowest BCUT2D eigenvalue weighted by molar-refractivity contribution is -0.117. The number of fused-ring (bicyclic) bond motifs is 1. The Labute approximate surface area is 167 Å². The van der Waals surface area contributed by atoms with Crippen molar-refractivity contribution in [2.24, 2.45) is 0 Å². The zero-order valence-electron chi connectivity index (χ0n) is 15.9. The highest BCUT2D eigenvalue weighted by Gasteiger charge is 2.42. The summed E-state index contributed by atoms with van der Waals surface area (Å²) in [6.07, 6.45) is 4.14. The largest absolute Gasteiger partial charge is 0.469 e. The zero-order valence-corrected chi connectivity index (χ0v) is 15.9. The molecule has 1 N–H and O–H groups in total. The van der Waals surface area contributed by atoms with Crippen LogP contribution < -0.4 is 10.2 Å². The molecule has 0 spiro atoms. The molecule has 0 fully saturated rings. The minimum atomic E-state index is -0.612. The maximum atomic E-state index is 13.4. The van der Waals surface area contributed by atoms with Crippen LogP contribution in [0.15, 0.2) is 81.2 Å². The molecule has 1 amide bonds. The third-order valence-corrected chi connectivity index (χ3v) is 5.59. The molecule has 2 aromatic heterocycles. The molecule has 2 aliphatic rings. The number of carbonyl (C=O) groups excluding carboxylic acids is 2. The van der Waals surface area contributed by atoms with Crippen LogP contribution >= 0.6 is 0 Å². The third-order valence-electron chi connectivity index (χ3n) is 5.59. The van der Waals surface area contributed by atoms with E-state index in [1.54, 1.807) is 23.5 Å². The van der Waals surface area contributed by atoms with E-state index in [2.05, 4.69) is 5.32 Å². The Balaban J connectivity index is 1.71. The maximum Gasteiger partial charge on any atom is 0.224 e. The smallest absolute Gasteiger partial charge is 0.224 e. The normalized spacial score (nSPS) is 21.3.